The van der Waals surface area contributed by atoms with Crippen molar-refractivity contribution in [1.82, 2.24) is 10.2 Å². The average molecular weight is 239 g/mol. The van der Waals surface area contributed by atoms with Crippen LogP contribution >= 0.6 is 0 Å². The lowest BCUT2D eigenvalue weighted by atomic mass is 10.2. The largest absolute Gasteiger partial charge is 0.396 e. The van der Waals surface area contributed by atoms with E-state index < -0.39 is 5.82 Å². The van der Waals surface area contributed by atoms with Crippen LogP contribution in [0.2, 0.25) is 0 Å². The number of hydrogen-bond acceptors (Lipinski definition) is 3. The van der Waals surface area contributed by atoms with E-state index in [1.165, 1.54) is 18.2 Å². The molecule has 1 aromatic carbocycles. The van der Waals surface area contributed by atoms with Gasteiger partial charge in [0.15, 0.2) is 0 Å². The number of nitrogen functional groups attached to an aromatic ring is 1. The highest BCUT2D eigenvalue weighted by atomic mass is 19.1. The van der Waals surface area contributed by atoms with E-state index in [9.17, 15) is 9.18 Å². The fourth-order valence-electron chi connectivity index (χ4n) is 1.21. The first-order valence-electron chi connectivity index (χ1n) is 5.41. The van der Waals surface area contributed by atoms with Crippen molar-refractivity contribution in [3.8, 4) is 0 Å². The van der Waals surface area contributed by atoms with Gasteiger partial charge in [0, 0.05) is 18.2 Å². The van der Waals surface area contributed by atoms with Gasteiger partial charge in [0.1, 0.15) is 5.82 Å². The van der Waals surface area contributed by atoms with Crippen molar-refractivity contribution in [1.29, 1.82) is 0 Å². The highest BCUT2D eigenvalue weighted by molar-refractivity contribution is 5.95. The summed E-state index contributed by atoms with van der Waals surface area (Å²) in [5, 5.41) is 2.77. The number of nitrogens with one attached hydrogen (secondary N) is 1. The van der Waals surface area contributed by atoms with E-state index in [4.69, 9.17) is 5.73 Å². The first-order chi connectivity index (χ1) is 7.91. The number of halogens is 1. The van der Waals surface area contributed by atoms with Crippen molar-refractivity contribution in [2.24, 2.45) is 0 Å². The zero-order chi connectivity index (χ0) is 13.0. The minimum absolute atomic E-state index is 0.0155. The first kappa shape index (κ1) is 13.4. The second-order valence-corrected chi connectivity index (χ2v) is 4.26. The van der Waals surface area contributed by atoms with Crippen LogP contribution in [-0.2, 0) is 0 Å². The maximum absolute atomic E-state index is 12.9. The van der Waals surface area contributed by atoms with Crippen molar-refractivity contribution in [3.63, 3.8) is 0 Å². The summed E-state index contributed by atoms with van der Waals surface area (Å²) in [4.78, 5) is 13.7. The molecule has 0 aliphatic heterocycles. The molecule has 0 saturated carbocycles. The van der Waals surface area contributed by atoms with Crippen LogP contribution in [0.4, 0.5) is 10.1 Å². The van der Waals surface area contributed by atoms with Gasteiger partial charge in [-0.3, -0.25) is 4.79 Å². The summed E-state index contributed by atoms with van der Waals surface area (Å²) < 4.78 is 12.9. The molecule has 1 rings (SSSR count). The van der Waals surface area contributed by atoms with Crippen LogP contribution in [0, 0.1) is 5.82 Å². The number of anilines is 1. The van der Waals surface area contributed by atoms with Crippen LogP contribution in [0.1, 0.15) is 17.3 Å². The Kier molecular flexibility index (Phi) is 4.45. The predicted octanol–water partition coefficient (Wildman–Crippen LogP) is 1.09. The topological polar surface area (TPSA) is 58.4 Å². The second-order valence-electron chi connectivity index (χ2n) is 4.26. The van der Waals surface area contributed by atoms with E-state index in [2.05, 4.69) is 5.32 Å². The lowest BCUT2D eigenvalue weighted by molar-refractivity contribution is 0.0943. The number of nitrogens with zero attached hydrogens (tertiary/aromatic N) is 1. The van der Waals surface area contributed by atoms with Crippen LogP contribution in [-0.4, -0.2) is 37.5 Å². The summed E-state index contributed by atoms with van der Waals surface area (Å²) in [6.07, 6.45) is 0. The van der Waals surface area contributed by atoms with E-state index in [0.717, 1.165) is 0 Å². The quantitative estimate of drug-likeness (QED) is 0.773. The number of carbonyl (C=O) groups excluding carboxylic acids is 1. The van der Waals surface area contributed by atoms with Crippen LogP contribution in [0.15, 0.2) is 18.2 Å². The molecule has 0 radical (unpaired) electrons. The number of nitrogens with two attached hydrogens (primary N) is 1. The molecular formula is C12H18FN3O. The van der Waals surface area contributed by atoms with Crippen molar-refractivity contribution >= 4 is 11.6 Å². The van der Waals surface area contributed by atoms with Gasteiger partial charge in [-0.2, -0.15) is 0 Å². The van der Waals surface area contributed by atoms with Crippen molar-refractivity contribution < 1.29 is 9.18 Å². The molecule has 1 atom stereocenters. The number of carbonyl (C=O) groups is 1. The average Bonchev–Trinajstić information content (AvgIpc) is 2.28. The minimum atomic E-state index is -0.511. The normalized spacial score (nSPS) is 12.5. The number of rotatable bonds is 4. The van der Waals surface area contributed by atoms with Gasteiger partial charge in [-0.05, 0) is 39.2 Å². The third-order valence-corrected chi connectivity index (χ3v) is 2.70. The molecule has 0 aromatic heterocycles. The minimum Gasteiger partial charge on any atom is -0.396 e. The number of benzene rings is 1. The van der Waals surface area contributed by atoms with Crippen LogP contribution in [0.5, 0.6) is 0 Å². The van der Waals surface area contributed by atoms with Gasteiger partial charge in [0.25, 0.3) is 5.91 Å². The van der Waals surface area contributed by atoms with Gasteiger partial charge in [0.2, 0.25) is 0 Å². The fourth-order valence-corrected chi connectivity index (χ4v) is 1.21. The van der Waals surface area contributed by atoms with Crippen LogP contribution in [0.25, 0.3) is 0 Å². The lowest BCUT2D eigenvalue weighted by Crippen LogP contribution is -2.38. The monoisotopic (exact) mass is 239 g/mol. The lowest BCUT2D eigenvalue weighted by Gasteiger charge is -2.20. The molecule has 17 heavy (non-hydrogen) atoms. The third kappa shape index (κ3) is 3.71. The molecule has 1 aromatic rings. The summed E-state index contributed by atoms with van der Waals surface area (Å²) in [7, 11) is 3.87. The Morgan fingerprint density at radius 3 is 2.71 bits per heavy atom. The Balaban J connectivity index is 2.61. The van der Waals surface area contributed by atoms with E-state index >= 15 is 0 Å². The molecule has 0 aliphatic rings. The molecule has 3 N–H and O–H groups in total. The smallest absolute Gasteiger partial charge is 0.251 e. The molecule has 0 saturated heterocycles. The van der Waals surface area contributed by atoms with E-state index in [1.54, 1.807) is 0 Å². The SMILES string of the molecule is CC(CNC(=O)c1ccc(F)c(N)c1)N(C)C. The first-order valence-corrected chi connectivity index (χ1v) is 5.41. The highest BCUT2D eigenvalue weighted by Gasteiger charge is 2.10. The van der Waals surface area contributed by atoms with E-state index in [0.29, 0.717) is 12.1 Å². The molecule has 1 amide bonds. The van der Waals surface area contributed by atoms with Crippen molar-refractivity contribution in [2.45, 2.75) is 13.0 Å². The zero-order valence-corrected chi connectivity index (χ0v) is 10.3. The Labute approximate surface area is 101 Å². The Hall–Kier alpha value is -1.62. The summed E-state index contributed by atoms with van der Waals surface area (Å²) in [6, 6.07) is 4.18. The number of amides is 1. The number of hydrogen-bond donors (Lipinski definition) is 2. The summed E-state index contributed by atoms with van der Waals surface area (Å²) in [6.45, 7) is 2.53. The summed E-state index contributed by atoms with van der Waals surface area (Å²) in [5.74, 6) is -0.756. The molecule has 1 unspecified atom stereocenters. The van der Waals surface area contributed by atoms with Crippen molar-refractivity contribution in [3.05, 3.63) is 29.6 Å². The molecule has 0 heterocycles. The Bertz CT molecular complexity index is 407. The van der Waals surface area contributed by atoms with Gasteiger partial charge in [-0.15, -0.1) is 0 Å². The van der Waals surface area contributed by atoms with Crippen molar-refractivity contribution in [2.75, 3.05) is 26.4 Å². The standard InChI is InChI=1S/C12H18FN3O/c1-8(16(2)3)7-15-12(17)9-4-5-10(13)11(14)6-9/h4-6,8H,7,14H2,1-3H3,(H,15,17). The Morgan fingerprint density at radius 1 is 1.53 bits per heavy atom. The predicted molar refractivity (Wildman–Crippen MR) is 66.3 cm³/mol. The van der Waals surface area contributed by atoms with Crippen LogP contribution in [0.3, 0.4) is 0 Å². The van der Waals surface area contributed by atoms with Gasteiger partial charge < -0.3 is 16.0 Å². The highest BCUT2D eigenvalue weighted by Crippen LogP contribution is 2.11. The van der Waals surface area contributed by atoms with Gasteiger partial charge >= 0.3 is 0 Å². The summed E-state index contributed by atoms with van der Waals surface area (Å²) >= 11 is 0. The Morgan fingerprint density at radius 2 is 2.18 bits per heavy atom. The molecule has 94 valence electrons. The van der Waals surface area contributed by atoms with Gasteiger partial charge in [-0.1, -0.05) is 0 Å². The molecule has 0 spiro atoms. The third-order valence-electron chi connectivity index (χ3n) is 2.70. The van der Waals surface area contributed by atoms with Crippen LogP contribution < -0.4 is 11.1 Å². The molecule has 0 aliphatic carbocycles. The molecule has 5 heteroatoms. The zero-order valence-electron chi connectivity index (χ0n) is 10.3. The van der Waals surface area contributed by atoms with Gasteiger partial charge in [-0.25, -0.2) is 4.39 Å². The molecule has 0 bridgehead atoms. The van der Waals surface area contributed by atoms with Gasteiger partial charge in [0.05, 0.1) is 5.69 Å². The van der Waals surface area contributed by atoms with E-state index in [1.807, 2.05) is 25.9 Å². The maximum atomic E-state index is 12.9. The maximum Gasteiger partial charge on any atom is 0.251 e. The molecule has 0 fully saturated rings. The summed E-state index contributed by atoms with van der Waals surface area (Å²) in [5.41, 5.74) is 5.75. The molecular weight excluding hydrogens is 221 g/mol. The molecule has 4 nitrogen and oxygen atoms in total. The second kappa shape index (κ2) is 5.63. The van der Waals surface area contributed by atoms with E-state index in [-0.39, 0.29) is 17.6 Å². The number of likely N-dealkylation sites (N-methyl/N-ethyl adjacent to an activating group) is 1. The fraction of sp³-hybridized carbons (Fsp3) is 0.417.